The first-order valence-corrected chi connectivity index (χ1v) is 4.53. The summed E-state index contributed by atoms with van der Waals surface area (Å²) in [6, 6.07) is 9.44. The van der Waals surface area contributed by atoms with Crippen LogP contribution in [0.5, 0.6) is 0 Å². The van der Waals surface area contributed by atoms with Gasteiger partial charge in [0.1, 0.15) is 5.69 Å². The van der Waals surface area contributed by atoms with Crippen LogP contribution in [0.2, 0.25) is 0 Å². The van der Waals surface area contributed by atoms with Crippen molar-refractivity contribution < 1.29 is 4.79 Å². The van der Waals surface area contributed by atoms with Crippen LogP contribution in [0.3, 0.4) is 0 Å². The first-order chi connectivity index (χ1) is 7.27. The molecule has 0 unspecified atom stereocenters. The predicted molar refractivity (Wildman–Crippen MR) is 55.3 cm³/mol. The Balaban J connectivity index is 2.46. The number of benzene rings is 1. The number of aromatic nitrogens is 3. The van der Waals surface area contributed by atoms with E-state index < -0.39 is 0 Å². The summed E-state index contributed by atoms with van der Waals surface area (Å²) < 4.78 is 0. The van der Waals surface area contributed by atoms with E-state index in [1.807, 2.05) is 30.3 Å². The molecule has 1 aromatic heterocycles. The van der Waals surface area contributed by atoms with Crippen molar-refractivity contribution in [3.05, 3.63) is 42.2 Å². The summed E-state index contributed by atoms with van der Waals surface area (Å²) in [4.78, 5) is 15.2. The van der Waals surface area contributed by atoms with Crippen molar-refractivity contribution in [3.63, 3.8) is 0 Å². The molecule has 4 nitrogen and oxygen atoms in total. The van der Waals surface area contributed by atoms with Gasteiger partial charge in [0, 0.05) is 12.5 Å². The minimum absolute atomic E-state index is 0.109. The molecule has 0 bridgehead atoms. The highest BCUT2D eigenvalue weighted by Crippen LogP contribution is 2.12. The summed E-state index contributed by atoms with van der Waals surface area (Å²) in [6.07, 6.45) is 1.37. The molecule has 0 aliphatic heterocycles. The summed E-state index contributed by atoms with van der Waals surface area (Å²) in [7, 11) is 0. The van der Waals surface area contributed by atoms with Crippen molar-refractivity contribution in [2.75, 3.05) is 0 Å². The molecule has 0 aliphatic rings. The van der Waals surface area contributed by atoms with Gasteiger partial charge in [0.15, 0.2) is 11.6 Å². The molecule has 0 aliphatic carbocycles. The van der Waals surface area contributed by atoms with E-state index in [1.54, 1.807) is 0 Å². The van der Waals surface area contributed by atoms with Crippen molar-refractivity contribution in [1.29, 1.82) is 0 Å². The molecule has 1 aromatic carbocycles. The molecule has 4 heteroatoms. The lowest BCUT2D eigenvalue weighted by Gasteiger charge is -1.99. The number of hydrogen-bond acceptors (Lipinski definition) is 4. The number of carbonyl (C=O) groups excluding carboxylic acids is 1. The van der Waals surface area contributed by atoms with E-state index in [2.05, 4.69) is 15.2 Å². The quantitative estimate of drug-likeness (QED) is 0.691. The SMILES string of the molecule is CC(=O)c1cnnc(-c2ccccc2)n1. The Morgan fingerprint density at radius 2 is 1.93 bits per heavy atom. The fraction of sp³-hybridized carbons (Fsp3) is 0.0909. The van der Waals surface area contributed by atoms with Crippen molar-refractivity contribution in [2.45, 2.75) is 6.92 Å². The molecule has 0 radical (unpaired) electrons. The van der Waals surface area contributed by atoms with Gasteiger partial charge in [0.2, 0.25) is 0 Å². The zero-order valence-electron chi connectivity index (χ0n) is 8.21. The summed E-state index contributed by atoms with van der Waals surface area (Å²) in [5.74, 6) is 0.366. The molecule has 0 spiro atoms. The van der Waals surface area contributed by atoms with E-state index in [-0.39, 0.29) is 5.78 Å². The maximum absolute atomic E-state index is 11.1. The second-order valence-electron chi connectivity index (χ2n) is 3.09. The molecule has 2 aromatic rings. The van der Waals surface area contributed by atoms with E-state index in [1.165, 1.54) is 13.1 Å². The molecule has 0 saturated carbocycles. The molecule has 2 rings (SSSR count). The molecule has 1 heterocycles. The number of ketones is 1. The maximum atomic E-state index is 11.1. The van der Waals surface area contributed by atoms with Gasteiger partial charge in [-0.15, -0.1) is 5.10 Å². The van der Waals surface area contributed by atoms with Crippen LogP contribution in [0.4, 0.5) is 0 Å². The highest BCUT2D eigenvalue weighted by Gasteiger charge is 2.05. The van der Waals surface area contributed by atoms with Crippen molar-refractivity contribution in [3.8, 4) is 11.4 Å². The number of nitrogens with zero attached hydrogens (tertiary/aromatic N) is 3. The second-order valence-corrected chi connectivity index (χ2v) is 3.09. The van der Waals surface area contributed by atoms with Gasteiger partial charge in [-0.25, -0.2) is 4.98 Å². The van der Waals surface area contributed by atoms with Crippen LogP contribution in [-0.4, -0.2) is 21.0 Å². The second kappa shape index (κ2) is 3.96. The fourth-order valence-electron chi connectivity index (χ4n) is 1.18. The first-order valence-electron chi connectivity index (χ1n) is 4.53. The summed E-state index contributed by atoms with van der Waals surface area (Å²) in [5.41, 5.74) is 1.19. The van der Waals surface area contributed by atoms with E-state index in [4.69, 9.17) is 0 Å². The highest BCUT2D eigenvalue weighted by molar-refractivity contribution is 5.92. The zero-order chi connectivity index (χ0) is 10.7. The highest BCUT2D eigenvalue weighted by atomic mass is 16.1. The summed E-state index contributed by atoms with van der Waals surface area (Å²) >= 11 is 0. The van der Waals surface area contributed by atoms with Gasteiger partial charge in [-0.2, -0.15) is 5.10 Å². The van der Waals surface area contributed by atoms with E-state index >= 15 is 0 Å². The van der Waals surface area contributed by atoms with Gasteiger partial charge in [0.05, 0.1) is 6.20 Å². The molecule has 0 saturated heterocycles. The third-order valence-electron chi connectivity index (χ3n) is 1.95. The van der Waals surface area contributed by atoms with Crippen molar-refractivity contribution >= 4 is 5.78 Å². The normalized spacial score (nSPS) is 9.93. The Kier molecular flexibility index (Phi) is 2.49. The van der Waals surface area contributed by atoms with Crippen molar-refractivity contribution in [2.24, 2.45) is 0 Å². The van der Waals surface area contributed by atoms with E-state index in [9.17, 15) is 4.79 Å². The summed E-state index contributed by atoms with van der Waals surface area (Å²) in [5, 5.41) is 7.63. The maximum Gasteiger partial charge on any atom is 0.182 e. The Bertz CT molecular complexity index is 482. The number of rotatable bonds is 2. The lowest BCUT2D eigenvalue weighted by atomic mass is 10.2. The fourth-order valence-corrected chi connectivity index (χ4v) is 1.18. The van der Waals surface area contributed by atoms with Crippen LogP contribution < -0.4 is 0 Å². The Labute approximate surface area is 87.0 Å². The molecule has 0 N–H and O–H groups in total. The minimum Gasteiger partial charge on any atom is -0.293 e. The van der Waals surface area contributed by atoms with Gasteiger partial charge in [0.25, 0.3) is 0 Å². The number of hydrogen-bond donors (Lipinski definition) is 0. The van der Waals surface area contributed by atoms with Gasteiger partial charge in [-0.05, 0) is 0 Å². The van der Waals surface area contributed by atoms with Gasteiger partial charge in [-0.3, -0.25) is 4.79 Å². The molecule has 0 amide bonds. The standard InChI is InChI=1S/C11H9N3O/c1-8(15)10-7-12-14-11(13-10)9-5-3-2-4-6-9/h2-7H,1H3. The monoisotopic (exact) mass is 199 g/mol. The van der Waals surface area contributed by atoms with Crippen LogP contribution in [0.15, 0.2) is 36.5 Å². The Morgan fingerprint density at radius 3 is 2.60 bits per heavy atom. The lowest BCUT2D eigenvalue weighted by molar-refractivity contribution is 0.101. The van der Waals surface area contributed by atoms with Gasteiger partial charge < -0.3 is 0 Å². The number of carbonyl (C=O) groups is 1. The van der Waals surface area contributed by atoms with Crippen LogP contribution in [0, 0.1) is 0 Å². The lowest BCUT2D eigenvalue weighted by Crippen LogP contribution is -2.01. The Hall–Kier alpha value is -2.10. The van der Waals surface area contributed by atoms with E-state index in [0.29, 0.717) is 11.5 Å². The molecular formula is C11H9N3O. The summed E-state index contributed by atoms with van der Waals surface area (Å²) in [6.45, 7) is 1.46. The number of Topliss-reactive ketones (excluding diaryl/α,β-unsaturated/α-hetero) is 1. The third-order valence-corrected chi connectivity index (χ3v) is 1.95. The minimum atomic E-state index is -0.109. The largest absolute Gasteiger partial charge is 0.293 e. The smallest absolute Gasteiger partial charge is 0.182 e. The predicted octanol–water partition coefficient (Wildman–Crippen LogP) is 1.74. The van der Waals surface area contributed by atoms with Crippen LogP contribution >= 0.6 is 0 Å². The Morgan fingerprint density at radius 1 is 1.20 bits per heavy atom. The van der Waals surface area contributed by atoms with Gasteiger partial charge in [-0.1, -0.05) is 30.3 Å². The molecule has 0 atom stereocenters. The van der Waals surface area contributed by atoms with Crippen LogP contribution in [0.1, 0.15) is 17.4 Å². The molecular weight excluding hydrogens is 190 g/mol. The van der Waals surface area contributed by atoms with E-state index in [0.717, 1.165) is 5.56 Å². The third kappa shape index (κ3) is 2.04. The van der Waals surface area contributed by atoms with Crippen molar-refractivity contribution in [1.82, 2.24) is 15.2 Å². The molecule has 0 fully saturated rings. The first kappa shape index (κ1) is 9.45. The average Bonchev–Trinajstić information content (AvgIpc) is 2.30. The molecule has 74 valence electrons. The van der Waals surface area contributed by atoms with Gasteiger partial charge >= 0.3 is 0 Å². The topological polar surface area (TPSA) is 55.7 Å². The average molecular weight is 199 g/mol. The molecule has 15 heavy (non-hydrogen) atoms. The zero-order valence-corrected chi connectivity index (χ0v) is 8.21. The van der Waals surface area contributed by atoms with Crippen LogP contribution in [-0.2, 0) is 0 Å². The van der Waals surface area contributed by atoms with Crippen LogP contribution in [0.25, 0.3) is 11.4 Å².